The first kappa shape index (κ1) is 17.9. The van der Waals surface area contributed by atoms with Gasteiger partial charge in [0.25, 0.3) is 0 Å². The van der Waals surface area contributed by atoms with Crippen LogP contribution in [0, 0.1) is 17.8 Å². The molecule has 0 bridgehead atoms. The van der Waals surface area contributed by atoms with E-state index in [1.165, 1.54) is 35.4 Å². The molecule has 4 nitrogen and oxygen atoms in total. The summed E-state index contributed by atoms with van der Waals surface area (Å²) in [4.78, 5) is 3.04. The first-order chi connectivity index (χ1) is 12.6. The molecule has 1 aliphatic heterocycles. The molecule has 3 heterocycles. The molecule has 0 radical (unpaired) electrons. The SMILES string of the molecule is Cc1ccc(Nc2nn(C[NH+]3CCC[C@@H]3c3cccs3)c(=S)s2)cc1C. The van der Waals surface area contributed by atoms with Crippen LogP contribution in [0.1, 0.15) is 34.9 Å². The molecule has 2 aromatic heterocycles. The minimum atomic E-state index is 0.578. The molecule has 0 amide bonds. The highest BCUT2D eigenvalue weighted by Crippen LogP contribution is 2.25. The van der Waals surface area contributed by atoms with Gasteiger partial charge in [-0.25, -0.2) is 0 Å². The Morgan fingerprint density at radius 3 is 2.96 bits per heavy atom. The normalized spacial score (nSPS) is 19.8. The van der Waals surface area contributed by atoms with Crippen molar-refractivity contribution in [3.63, 3.8) is 0 Å². The van der Waals surface area contributed by atoms with Gasteiger partial charge in [-0.05, 0) is 60.8 Å². The van der Waals surface area contributed by atoms with Gasteiger partial charge in [0.2, 0.25) is 5.13 Å². The maximum Gasteiger partial charge on any atom is 0.209 e. The third-order valence-corrected chi connectivity index (χ3v) is 7.30. The van der Waals surface area contributed by atoms with Gasteiger partial charge in [0, 0.05) is 18.5 Å². The van der Waals surface area contributed by atoms with Crippen LogP contribution in [0.2, 0.25) is 0 Å². The second kappa shape index (κ2) is 7.60. The van der Waals surface area contributed by atoms with E-state index >= 15 is 0 Å². The van der Waals surface area contributed by atoms with Crippen LogP contribution in [0.5, 0.6) is 0 Å². The van der Waals surface area contributed by atoms with E-state index in [1.807, 2.05) is 16.0 Å². The molecule has 1 aromatic carbocycles. The second-order valence-corrected chi connectivity index (χ2v) is 9.48. The van der Waals surface area contributed by atoms with E-state index in [0.717, 1.165) is 21.4 Å². The summed E-state index contributed by atoms with van der Waals surface area (Å²) in [6.45, 7) is 6.28. The number of aromatic nitrogens is 2. The summed E-state index contributed by atoms with van der Waals surface area (Å²) in [7, 11) is 0. The Balaban J connectivity index is 1.49. The summed E-state index contributed by atoms with van der Waals surface area (Å²) in [6.07, 6.45) is 2.52. The van der Waals surface area contributed by atoms with Crippen LogP contribution in [0.4, 0.5) is 10.8 Å². The number of quaternary nitrogens is 1. The molecule has 1 fully saturated rings. The van der Waals surface area contributed by atoms with Gasteiger partial charge in [-0.2, -0.15) is 4.68 Å². The van der Waals surface area contributed by atoms with Gasteiger partial charge < -0.3 is 10.2 Å². The quantitative estimate of drug-likeness (QED) is 0.617. The van der Waals surface area contributed by atoms with Crippen molar-refractivity contribution in [2.24, 2.45) is 0 Å². The molecule has 136 valence electrons. The predicted molar refractivity (Wildman–Crippen MR) is 112 cm³/mol. The van der Waals surface area contributed by atoms with Gasteiger partial charge in [-0.15, -0.1) is 16.4 Å². The van der Waals surface area contributed by atoms with E-state index in [1.54, 1.807) is 16.2 Å². The van der Waals surface area contributed by atoms with Crippen LogP contribution >= 0.6 is 34.9 Å². The van der Waals surface area contributed by atoms with Crippen molar-refractivity contribution < 1.29 is 4.90 Å². The molecule has 4 rings (SSSR count). The number of nitrogens with one attached hydrogen (secondary N) is 2. The second-order valence-electron chi connectivity index (χ2n) is 6.87. The van der Waals surface area contributed by atoms with Gasteiger partial charge >= 0.3 is 0 Å². The zero-order chi connectivity index (χ0) is 18.1. The molecule has 0 aliphatic carbocycles. The van der Waals surface area contributed by atoms with Crippen molar-refractivity contribution in [3.8, 4) is 0 Å². The fraction of sp³-hybridized carbons (Fsp3) is 0.368. The Kier molecular flexibility index (Phi) is 5.22. The number of nitrogens with zero attached hydrogens (tertiary/aromatic N) is 2. The van der Waals surface area contributed by atoms with Crippen LogP contribution in [-0.2, 0) is 6.67 Å². The maximum absolute atomic E-state index is 5.58. The largest absolute Gasteiger partial charge is 0.330 e. The molecule has 2 atom stereocenters. The molecular weight excluding hydrogens is 380 g/mol. The van der Waals surface area contributed by atoms with Gasteiger partial charge in [-0.3, -0.25) is 0 Å². The number of benzene rings is 1. The van der Waals surface area contributed by atoms with E-state index in [9.17, 15) is 0 Å². The lowest BCUT2D eigenvalue weighted by Crippen LogP contribution is -3.09. The molecule has 1 unspecified atom stereocenters. The molecular formula is C19H23N4S3+. The summed E-state index contributed by atoms with van der Waals surface area (Å²) in [5.74, 6) is 0. The van der Waals surface area contributed by atoms with E-state index in [4.69, 9.17) is 17.3 Å². The number of likely N-dealkylation sites (tertiary alicyclic amines) is 1. The van der Waals surface area contributed by atoms with Crippen LogP contribution in [0.15, 0.2) is 35.7 Å². The van der Waals surface area contributed by atoms with E-state index in [2.05, 4.69) is 54.9 Å². The van der Waals surface area contributed by atoms with Crippen LogP contribution in [0.25, 0.3) is 0 Å². The zero-order valence-electron chi connectivity index (χ0n) is 15.0. The summed E-state index contributed by atoms with van der Waals surface area (Å²) in [5.41, 5.74) is 3.64. The lowest BCUT2D eigenvalue weighted by atomic mass is 10.1. The third kappa shape index (κ3) is 3.76. The first-order valence-electron chi connectivity index (χ1n) is 8.90. The lowest BCUT2D eigenvalue weighted by molar-refractivity contribution is -0.941. The van der Waals surface area contributed by atoms with Crippen LogP contribution < -0.4 is 10.2 Å². The van der Waals surface area contributed by atoms with E-state index in [0.29, 0.717) is 6.04 Å². The Bertz CT molecular complexity index is 942. The van der Waals surface area contributed by atoms with E-state index in [-0.39, 0.29) is 0 Å². The van der Waals surface area contributed by atoms with Crippen LogP contribution in [-0.4, -0.2) is 16.3 Å². The number of thiophene rings is 1. The Morgan fingerprint density at radius 1 is 1.31 bits per heavy atom. The van der Waals surface area contributed by atoms with Crippen molar-refractivity contribution in [1.82, 2.24) is 9.78 Å². The molecule has 26 heavy (non-hydrogen) atoms. The molecule has 3 aromatic rings. The monoisotopic (exact) mass is 403 g/mol. The van der Waals surface area contributed by atoms with E-state index < -0.39 is 0 Å². The standard InChI is InChI=1S/C19H22N4S3/c1-13-7-8-15(11-14(13)2)20-18-21-23(19(24)26-18)12-22-9-3-5-16(22)17-6-4-10-25-17/h4,6-8,10-11,16H,3,5,9,12H2,1-2H3,(H,20,21)/p+1/t16-/m1/s1. The van der Waals surface area contributed by atoms with Crippen LogP contribution in [0.3, 0.4) is 0 Å². The summed E-state index contributed by atoms with van der Waals surface area (Å²) in [6, 6.07) is 11.4. The smallest absolute Gasteiger partial charge is 0.209 e. The summed E-state index contributed by atoms with van der Waals surface area (Å²) >= 11 is 8.99. The summed E-state index contributed by atoms with van der Waals surface area (Å²) in [5, 5.41) is 11.2. The number of rotatable bonds is 5. The van der Waals surface area contributed by atoms with Crippen molar-refractivity contribution in [3.05, 3.63) is 55.7 Å². The summed E-state index contributed by atoms with van der Waals surface area (Å²) < 4.78 is 2.82. The molecule has 1 aliphatic rings. The number of hydrogen-bond acceptors (Lipinski definition) is 5. The molecule has 0 saturated carbocycles. The third-order valence-electron chi connectivity index (χ3n) is 5.09. The number of anilines is 2. The fourth-order valence-electron chi connectivity index (χ4n) is 3.53. The lowest BCUT2D eigenvalue weighted by Gasteiger charge is -2.20. The van der Waals surface area contributed by atoms with Crippen molar-refractivity contribution in [1.29, 1.82) is 0 Å². The van der Waals surface area contributed by atoms with Gasteiger partial charge in [0.15, 0.2) is 10.6 Å². The fourth-order valence-corrected chi connectivity index (χ4v) is 5.47. The van der Waals surface area contributed by atoms with Gasteiger partial charge in [0.1, 0.15) is 6.04 Å². The Morgan fingerprint density at radius 2 is 2.19 bits per heavy atom. The van der Waals surface area contributed by atoms with Crippen molar-refractivity contribution >= 4 is 45.7 Å². The van der Waals surface area contributed by atoms with Gasteiger partial charge in [-0.1, -0.05) is 23.5 Å². The highest BCUT2D eigenvalue weighted by atomic mass is 32.1. The highest BCUT2D eigenvalue weighted by Gasteiger charge is 2.31. The zero-order valence-corrected chi connectivity index (χ0v) is 17.4. The topological polar surface area (TPSA) is 34.3 Å². The van der Waals surface area contributed by atoms with Crippen molar-refractivity contribution in [2.45, 2.75) is 39.4 Å². The highest BCUT2D eigenvalue weighted by molar-refractivity contribution is 7.73. The maximum atomic E-state index is 5.58. The average molecular weight is 404 g/mol. The molecule has 1 saturated heterocycles. The number of aryl methyl sites for hydroxylation is 2. The first-order valence-corrected chi connectivity index (χ1v) is 11.0. The van der Waals surface area contributed by atoms with Gasteiger partial charge in [0.05, 0.1) is 11.4 Å². The minimum Gasteiger partial charge on any atom is -0.330 e. The average Bonchev–Trinajstić information content (AvgIpc) is 3.33. The molecule has 2 N–H and O–H groups in total. The molecule has 0 spiro atoms. The minimum absolute atomic E-state index is 0.578. The number of hydrogen-bond donors (Lipinski definition) is 2. The predicted octanol–water partition coefficient (Wildman–Crippen LogP) is 4.47. The Labute approximate surface area is 167 Å². The van der Waals surface area contributed by atoms with Crippen molar-refractivity contribution in [2.75, 3.05) is 11.9 Å². The Hall–Kier alpha value is -1.54. The molecule has 7 heteroatoms.